The number of hydrogen-bond acceptors (Lipinski definition) is 4. The summed E-state index contributed by atoms with van der Waals surface area (Å²) in [6, 6.07) is 5.84. The van der Waals surface area contributed by atoms with Gasteiger partial charge in [-0.3, -0.25) is 10.1 Å². The summed E-state index contributed by atoms with van der Waals surface area (Å²) in [4.78, 5) is 9.84. The summed E-state index contributed by atoms with van der Waals surface area (Å²) in [6.45, 7) is 0.487. The molecule has 1 N–H and O–H groups in total. The van der Waals surface area contributed by atoms with E-state index >= 15 is 0 Å². The first-order valence-corrected chi connectivity index (χ1v) is 4.22. The maximum Gasteiger partial charge on any atom is 0.269 e. The summed E-state index contributed by atoms with van der Waals surface area (Å²) in [5, 5.41) is 18.8. The van der Waals surface area contributed by atoms with Crippen LogP contribution in [0.15, 0.2) is 24.3 Å². The number of aliphatic hydroxyl groups excluding tert-OH is 1. The Morgan fingerprint density at radius 1 is 1.36 bits per heavy atom. The van der Waals surface area contributed by atoms with Crippen molar-refractivity contribution in [1.82, 2.24) is 0 Å². The molecule has 5 nitrogen and oxygen atoms in total. The third-order valence-corrected chi connectivity index (χ3v) is 1.62. The largest absolute Gasteiger partial charge is 0.494 e. The molecule has 0 fully saturated rings. The van der Waals surface area contributed by atoms with E-state index in [1.54, 1.807) is 0 Å². The van der Waals surface area contributed by atoms with Gasteiger partial charge < -0.3 is 9.84 Å². The lowest BCUT2D eigenvalue weighted by Gasteiger charge is -2.03. The fourth-order valence-corrected chi connectivity index (χ4v) is 0.919. The molecule has 0 saturated heterocycles. The lowest BCUT2D eigenvalue weighted by molar-refractivity contribution is -0.384. The summed E-state index contributed by atoms with van der Waals surface area (Å²) in [7, 11) is 0. The number of benzene rings is 1. The van der Waals surface area contributed by atoms with Gasteiger partial charge in [0.1, 0.15) is 5.75 Å². The molecule has 0 bridgehead atoms. The van der Waals surface area contributed by atoms with Crippen molar-refractivity contribution in [2.24, 2.45) is 0 Å². The first-order valence-electron chi connectivity index (χ1n) is 4.22. The minimum Gasteiger partial charge on any atom is -0.494 e. The Bertz CT molecular complexity index is 296. The van der Waals surface area contributed by atoms with Crippen LogP contribution < -0.4 is 4.74 Å². The highest BCUT2D eigenvalue weighted by molar-refractivity contribution is 5.35. The molecule has 0 aliphatic carbocycles. The van der Waals surface area contributed by atoms with Gasteiger partial charge in [-0.1, -0.05) is 0 Å². The fraction of sp³-hybridized carbons (Fsp3) is 0.333. The van der Waals surface area contributed by atoms with E-state index in [-0.39, 0.29) is 12.3 Å². The van der Waals surface area contributed by atoms with E-state index in [1.165, 1.54) is 24.3 Å². The zero-order valence-corrected chi connectivity index (χ0v) is 7.55. The highest BCUT2D eigenvalue weighted by Crippen LogP contribution is 2.17. The van der Waals surface area contributed by atoms with Gasteiger partial charge in [0.15, 0.2) is 0 Å². The lowest BCUT2D eigenvalue weighted by Crippen LogP contribution is -1.99. The molecule has 0 aliphatic heterocycles. The highest BCUT2D eigenvalue weighted by atomic mass is 16.6. The lowest BCUT2D eigenvalue weighted by atomic mass is 10.3. The molecule has 0 spiro atoms. The zero-order chi connectivity index (χ0) is 10.4. The smallest absolute Gasteiger partial charge is 0.269 e. The molecule has 1 rings (SSSR count). The van der Waals surface area contributed by atoms with Crippen LogP contribution >= 0.6 is 0 Å². The van der Waals surface area contributed by atoms with Crippen LogP contribution in [-0.2, 0) is 0 Å². The monoisotopic (exact) mass is 197 g/mol. The van der Waals surface area contributed by atoms with Crippen molar-refractivity contribution >= 4 is 5.69 Å². The van der Waals surface area contributed by atoms with Crippen molar-refractivity contribution in [3.63, 3.8) is 0 Å². The maximum atomic E-state index is 10.3. The van der Waals surface area contributed by atoms with Gasteiger partial charge >= 0.3 is 0 Å². The Morgan fingerprint density at radius 2 is 2.00 bits per heavy atom. The van der Waals surface area contributed by atoms with Crippen LogP contribution in [0.1, 0.15) is 6.42 Å². The van der Waals surface area contributed by atoms with Crippen molar-refractivity contribution in [3.8, 4) is 5.75 Å². The number of nitro benzene ring substituents is 1. The van der Waals surface area contributed by atoms with Crippen molar-refractivity contribution in [3.05, 3.63) is 34.4 Å². The number of nitro groups is 1. The quantitative estimate of drug-likeness (QED) is 0.439. The van der Waals surface area contributed by atoms with Gasteiger partial charge in [0, 0.05) is 25.2 Å². The number of hydrogen-bond donors (Lipinski definition) is 1. The fourth-order valence-electron chi connectivity index (χ4n) is 0.919. The SMILES string of the molecule is O=[N+]([O-])c1ccc(OCCCO)cc1. The van der Waals surface area contributed by atoms with Crippen LogP contribution in [0.25, 0.3) is 0 Å². The van der Waals surface area contributed by atoms with E-state index in [0.29, 0.717) is 18.8 Å². The number of nitrogens with zero attached hydrogens (tertiary/aromatic N) is 1. The third kappa shape index (κ3) is 3.02. The number of aliphatic hydroxyl groups is 1. The zero-order valence-electron chi connectivity index (χ0n) is 7.55. The van der Waals surface area contributed by atoms with E-state index in [1.807, 2.05) is 0 Å². The van der Waals surface area contributed by atoms with E-state index in [9.17, 15) is 10.1 Å². The molecule has 0 unspecified atom stereocenters. The highest BCUT2D eigenvalue weighted by Gasteiger charge is 2.03. The Morgan fingerprint density at radius 3 is 2.50 bits per heavy atom. The molecule has 0 saturated carbocycles. The summed E-state index contributed by atoms with van der Waals surface area (Å²) in [5.41, 5.74) is 0.0412. The Kier molecular flexibility index (Phi) is 3.87. The van der Waals surface area contributed by atoms with Crippen LogP contribution in [-0.4, -0.2) is 23.2 Å². The topological polar surface area (TPSA) is 72.6 Å². The number of non-ortho nitro benzene ring substituents is 1. The van der Waals surface area contributed by atoms with E-state index in [0.717, 1.165) is 0 Å². The molecule has 5 heteroatoms. The van der Waals surface area contributed by atoms with Crippen LogP contribution in [0.4, 0.5) is 5.69 Å². The average Bonchev–Trinajstić information content (AvgIpc) is 2.19. The molecule has 0 heterocycles. The molecule has 1 aromatic carbocycles. The third-order valence-electron chi connectivity index (χ3n) is 1.62. The Balaban J connectivity index is 2.51. The first-order chi connectivity index (χ1) is 6.74. The molecule has 0 radical (unpaired) electrons. The second-order valence-corrected chi connectivity index (χ2v) is 2.68. The Hall–Kier alpha value is -1.62. The molecule has 0 atom stereocenters. The molecular formula is C9H11NO4. The van der Waals surface area contributed by atoms with Crippen molar-refractivity contribution < 1.29 is 14.8 Å². The van der Waals surface area contributed by atoms with Gasteiger partial charge in [-0.05, 0) is 12.1 Å². The second kappa shape index (κ2) is 5.18. The van der Waals surface area contributed by atoms with Crippen molar-refractivity contribution in [1.29, 1.82) is 0 Å². The standard InChI is InChI=1S/C9H11NO4/c11-6-1-7-14-9-4-2-8(3-5-9)10(12)13/h2-5,11H,1,6-7H2. The van der Waals surface area contributed by atoms with Crippen molar-refractivity contribution in [2.45, 2.75) is 6.42 Å². The predicted octanol–water partition coefficient (Wildman–Crippen LogP) is 1.36. The minimum atomic E-state index is -0.461. The van der Waals surface area contributed by atoms with Crippen LogP contribution in [0.3, 0.4) is 0 Å². The molecule has 0 amide bonds. The number of rotatable bonds is 5. The first kappa shape index (κ1) is 10.5. The second-order valence-electron chi connectivity index (χ2n) is 2.68. The summed E-state index contributed by atoms with van der Waals surface area (Å²) in [6.07, 6.45) is 0.553. The van der Waals surface area contributed by atoms with Gasteiger partial charge in [-0.2, -0.15) is 0 Å². The van der Waals surface area contributed by atoms with E-state index in [2.05, 4.69) is 0 Å². The van der Waals surface area contributed by atoms with Crippen LogP contribution in [0.5, 0.6) is 5.75 Å². The van der Waals surface area contributed by atoms with Crippen LogP contribution in [0, 0.1) is 10.1 Å². The average molecular weight is 197 g/mol. The number of ether oxygens (including phenoxy) is 1. The Labute approximate surface area is 81.1 Å². The van der Waals surface area contributed by atoms with Crippen LogP contribution in [0.2, 0.25) is 0 Å². The summed E-state index contributed by atoms with van der Waals surface area (Å²) < 4.78 is 5.20. The summed E-state index contributed by atoms with van der Waals surface area (Å²) >= 11 is 0. The maximum absolute atomic E-state index is 10.3. The van der Waals surface area contributed by atoms with Gasteiger partial charge in [0.25, 0.3) is 5.69 Å². The van der Waals surface area contributed by atoms with E-state index in [4.69, 9.17) is 9.84 Å². The molecule has 0 aromatic heterocycles. The molecular weight excluding hydrogens is 186 g/mol. The molecule has 76 valence electrons. The summed E-state index contributed by atoms with van der Waals surface area (Å²) in [5.74, 6) is 0.573. The van der Waals surface area contributed by atoms with E-state index < -0.39 is 4.92 Å². The minimum absolute atomic E-state index is 0.0412. The molecule has 0 aliphatic rings. The van der Waals surface area contributed by atoms with Gasteiger partial charge in [-0.25, -0.2) is 0 Å². The molecule has 14 heavy (non-hydrogen) atoms. The van der Waals surface area contributed by atoms with Gasteiger partial charge in [0.2, 0.25) is 0 Å². The van der Waals surface area contributed by atoms with Gasteiger partial charge in [-0.15, -0.1) is 0 Å². The van der Waals surface area contributed by atoms with Crippen molar-refractivity contribution in [2.75, 3.05) is 13.2 Å². The molecule has 1 aromatic rings. The van der Waals surface area contributed by atoms with Gasteiger partial charge in [0.05, 0.1) is 11.5 Å². The predicted molar refractivity (Wildman–Crippen MR) is 50.3 cm³/mol. The normalized spacial score (nSPS) is 9.79.